The van der Waals surface area contributed by atoms with Gasteiger partial charge in [-0.25, -0.2) is 4.79 Å². The molecule has 14 heteroatoms. The molecule has 43 heavy (non-hydrogen) atoms. The summed E-state index contributed by atoms with van der Waals surface area (Å²) in [4.78, 5) is 40.1. The number of halogens is 3. The van der Waals surface area contributed by atoms with E-state index in [-0.39, 0.29) is 36.6 Å². The van der Waals surface area contributed by atoms with Gasteiger partial charge in [0.1, 0.15) is 30.1 Å². The van der Waals surface area contributed by atoms with Gasteiger partial charge < -0.3 is 24.6 Å². The van der Waals surface area contributed by atoms with Crippen LogP contribution in [0.3, 0.4) is 0 Å². The van der Waals surface area contributed by atoms with E-state index >= 15 is 0 Å². The number of carbonyl (C=O) groups excluding carboxylic acids is 2. The Balaban J connectivity index is 1.66. The lowest BCUT2D eigenvalue weighted by molar-refractivity contribution is -0.384. The van der Waals surface area contributed by atoms with E-state index in [4.69, 9.17) is 9.47 Å². The van der Waals surface area contributed by atoms with Crippen LogP contribution in [0.15, 0.2) is 70.9 Å². The van der Waals surface area contributed by atoms with E-state index < -0.39 is 52.4 Å². The number of nitrogens with zero attached hydrogens (tertiary/aromatic N) is 2. The number of hydrogen-bond acceptors (Lipinski definition) is 10. The van der Waals surface area contributed by atoms with E-state index in [1.54, 1.807) is 12.1 Å². The minimum absolute atomic E-state index is 0.0773. The number of aliphatic hydroxyl groups is 1. The summed E-state index contributed by atoms with van der Waals surface area (Å²) in [6.45, 7) is 1.91. The molecule has 0 spiro atoms. The number of alkyl halides is 3. The predicted octanol–water partition coefficient (Wildman–Crippen LogP) is 4.11. The second-order valence-electron chi connectivity index (χ2n) is 9.65. The molecule has 0 saturated carbocycles. The Morgan fingerprint density at radius 1 is 1.14 bits per heavy atom. The van der Waals surface area contributed by atoms with Crippen LogP contribution in [0, 0.1) is 16.0 Å². The number of nitrogens with one attached hydrogen (secondary N) is 1. The van der Waals surface area contributed by atoms with Gasteiger partial charge in [0.25, 0.3) is 5.69 Å². The number of rotatable bonds is 14. The summed E-state index contributed by atoms with van der Waals surface area (Å²) < 4.78 is 57.4. The first-order valence-electron chi connectivity index (χ1n) is 13.4. The highest BCUT2D eigenvalue weighted by Gasteiger charge is 2.52. The van der Waals surface area contributed by atoms with Gasteiger partial charge in [0.05, 0.1) is 24.2 Å². The number of aliphatic hydroxyl groups excluding tert-OH is 1. The first-order chi connectivity index (χ1) is 20.4. The number of esters is 2. The van der Waals surface area contributed by atoms with E-state index in [0.717, 1.165) is 19.2 Å². The molecule has 0 amide bonds. The monoisotopic (exact) mass is 607 g/mol. The van der Waals surface area contributed by atoms with Crippen molar-refractivity contribution >= 4 is 23.3 Å². The van der Waals surface area contributed by atoms with Gasteiger partial charge in [0, 0.05) is 30.3 Å². The van der Waals surface area contributed by atoms with Crippen LogP contribution in [-0.4, -0.2) is 73.4 Å². The molecule has 0 radical (unpaired) electrons. The average molecular weight is 608 g/mol. The Bertz CT molecular complexity index is 1350. The standard InChI is InChI=1S/C29H32F3N3O8/c1-18-23(28(38)42-14-7-6-13-33-16-21(36)17-43-22-11-4-3-5-12-22)24(19-9-8-10-20(15-19)35(39)40)25(27(37)41-2)26(34-18)29(30,31)32/h3-5,8-12,15,21,24-25,33,36H,6-7,13-14,16-17H2,1-2H3. The third-order valence-corrected chi connectivity index (χ3v) is 6.57. The van der Waals surface area contributed by atoms with E-state index in [1.165, 1.54) is 19.1 Å². The lowest BCUT2D eigenvalue weighted by Crippen LogP contribution is -2.43. The summed E-state index contributed by atoms with van der Waals surface area (Å²) in [6, 6.07) is 13.7. The maximum atomic E-state index is 14.0. The molecule has 1 aliphatic heterocycles. The second-order valence-corrected chi connectivity index (χ2v) is 9.65. The molecule has 232 valence electrons. The van der Waals surface area contributed by atoms with Crippen molar-refractivity contribution in [3.63, 3.8) is 0 Å². The quantitative estimate of drug-likeness (QED) is 0.140. The Labute approximate surface area is 245 Å². The zero-order valence-electron chi connectivity index (χ0n) is 23.5. The fourth-order valence-corrected chi connectivity index (χ4v) is 4.57. The van der Waals surface area contributed by atoms with E-state index in [0.29, 0.717) is 25.1 Å². The molecule has 2 aromatic carbocycles. The van der Waals surface area contributed by atoms with Crippen LogP contribution in [0.2, 0.25) is 0 Å². The maximum Gasteiger partial charge on any atom is 0.430 e. The summed E-state index contributed by atoms with van der Waals surface area (Å²) in [5, 5.41) is 24.5. The Morgan fingerprint density at radius 2 is 1.86 bits per heavy atom. The highest BCUT2D eigenvalue weighted by molar-refractivity contribution is 6.10. The van der Waals surface area contributed by atoms with Gasteiger partial charge in [-0.1, -0.05) is 30.3 Å². The van der Waals surface area contributed by atoms with Crippen molar-refractivity contribution in [2.24, 2.45) is 10.9 Å². The van der Waals surface area contributed by atoms with E-state index in [9.17, 15) is 38.0 Å². The first-order valence-corrected chi connectivity index (χ1v) is 13.4. The van der Waals surface area contributed by atoms with Crippen molar-refractivity contribution in [3.05, 3.63) is 81.5 Å². The molecule has 3 unspecified atom stereocenters. The number of para-hydroxylation sites is 1. The van der Waals surface area contributed by atoms with Crippen molar-refractivity contribution < 1.29 is 47.0 Å². The first kappa shape index (κ1) is 33.2. The van der Waals surface area contributed by atoms with Crippen LogP contribution in [-0.2, 0) is 19.1 Å². The molecule has 0 fully saturated rings. The lowest BCUT2D eigenvalue weighted by atomic mass is 9.75. The number of non-ortho nitro benzene ring substituents is 1. The van der Waals surface area contributed by atoms with E-state index in [2.05, 4.69) is 15.0 Å². The molecular formula is C29H32F3N3O8. The Morgan fingerprint density at radius 3 is 2.51 bits per heavy atom. The molecule has 3 atom stereocenters. The summed E-state index contributed by atoms with van der Waals surface area (Å²) in [5.41, 5.74) is -2.66. The minimum atomic E-state index is -5.05. The number of allylic oxidation sites excluding steroid dienone is 1. The van der Waals surface area contributed by atoms with Gasteiger partial charge in [-0.05, 0) is 44.0 Å². The van der Waals surface area contributed by atoms with Crippen molar-refractivity contribution in [2.45, 2.75) is 38.0 Å². The number of aliphatic imine (C=N–C) groups is 1. The molecule has 0 saturated heterocycles. The molecule has 2 aromatic rings. The van der Waals surface area contributed by atoms with Crippen LogP contribution in [0.25, 0.3) is 0 Å². The number of hydrogen-bond donors (Lipinski definition) is 2. The summed E-state index contributed by atoms with van der Waals surface area (Å²) >= 11 is 0. The number of methoxy groups -OCH3 is 1. The third kappa shape index (κ3) is 9.09. The number of ether oxygens (including phenoxy) is 3. The van der Waals surface area contributed by atoms with Gasteiger partial charge in [0.2, 0.25) is 0 Å². The molecule has 11 nitrogen and oxygen atoms in total. The van der Waals surface area contributed by atoms with Gasteiger partial charge in [-0.2, -0.15) is 13.2 Å². The van der Waals surface area contributed by atoms with Crippen LogP contribution in [0.5, 0.6) is 5.75 Å². The third-order valence-electron chi connectivity index (χ3n) is 6.57. The van der Waals surface area contributed by atoms with Crippen LogP contribution in [0.1, 0.15) is 31.2 Å². The average Bonchev–Trinajstić information content (AvgIpc) is 2.98. The number of nitro groups is 1. The fraction of sp³-hybridized carbons (Fsp3) is 0.414. The smallest absolute Gasteiger partial charge is 0.430 e. The number of nitro benzene ring substituents is 1. The zero-order valence-corrected chi connectivity index (χ0v) is 23.5. The molecule has 3 rings (SSSR count). The van der Waals surface area contributed by atoms with Crippen LogP contribution in [0.4, 0.5) is 18.9 Å². The predicted molar refractivity (Wildman–Crippen MR) is 149 cm³/mol. The van der Waals surface area contributed by atoms with Crippen molar-refractivity contribution in [1.82, 2.24) is 5.32 Å². The zero-order chi connectivity index (χ0) is 31.6. The Kier molecular flexibility index (Phi) is 11.8. The topological polar surface area (TPSA) is 150 Å². The fourth-order valence-electron chi connectivity index (χ4n) is 4.57. The van der Waals surface area contributed by atoms with Gasteiger partial charge in [0.15, 0.2) is 0 Å². The molecule has 0 aliphatic carbocycles. The van der Waals surface area contributed by atoms with Crippen molar-refractivity contribution in [2.75, 3.05) is 33.4 Å². The lowest BCUT2D eigenvalue weighted by Gasteiger charge is -2.32. The molecule has 0 aromatic heterocycles. The minimum Gasteiger partial charge on any atom is -0.491 e. The maximum absolute atomic E-state index is 14.0. The highest BCUT2D eigenvalue weighted by atomic mass is 19.4. The number of benzene rings is 2. The van der Waals surface area contributed by atoms with Crippen molar-refractivity contribution in [1.29, 1.82) is 0 Å². The molecule has 0 bridgehead atoms. The summed E-state index contributed by atoms with van der Waals surface area (Å²) in [5.74, 6) is -5.38. The Hall–Kier alpha value is -4.30. The van der Waals surface area contributed by atoms with Crippen LogP contribution < -0.4 is 10.1 Å². The van der Waals surface area contributed by atoms with Crippen LogP contribution >= 0.6 is 0 Å². The molecule has 1 heterocycles. The molecular weight excluding hydrogens is 575 g/mol. The summed E-state index contributed by atoms with van der Waals surface area (Å²) in [6.07, 6.45) is -4.90. The summed E-state index contributed by atoms with van der Waals surface area (Å²) in [7, 11) is 0.896. The second kappa shape index (κ2) is 15.3. The normalized spacial score (nSPS) is 17.6. The molecule has 1 aliphatic rings. The SMILES string of the molecule is COC(=O)C1C(C(F)(F)F)=NC(C)=C(C(=O)OCCCCNCC(O)COc2ccccc2)C1c1cccc([N+](=O)[O-])c1. The largest absolute Gasteiger partial charge is 0.491 e. The van der Waals surface area contributed by atoms with Crippen molar-refractivity contribution in [3.8, 4) is 5.75 Å². The number of carbonyl (C=O) groups is 2. The van der Waals surface area contributed by atoms with Gasteiger partial charge in [-0.15, -0.1) is 0 Å². The van der Waals surface area contributed by atoms with E-state index in [1.807, 2.05) is 18.2 Å². The van der Waals surface area contributed by atoms with Gasteiger partial charge in [-0.3, -0.25) is 19.9 Å². The molecule has 2 N–H and O–H groups in total. The van der Waals surface area contributed by atoms with Gasteiger partial charge >= 0.3 is 18.1 Å². The highest BCUT2D eigenvalue weighted by Crippen LogP contribution is 2.44. The number of unbranched alkanes of at least 4 members (excludes halogenated alkanes) is 1.